The number of carbonyl (C=O) groups is 1. The molecule has 7 heteroatoms. The zero-order valence-electron chi connectivity index (χ0n) is 20.5. The highest BCUT2D eigenvalue weighted by molar-refractivity contribution is 9.10. The summed E-state index contributed by atoms with van der Waals surface area (Å²) < 4.78 is 8.96. The SMILES string of the molecule is Cn1cc([C@@H]2[C@@H]([N+](=O)[O-])C3(CC3)C[C@]2(C(=O)OCc2ccccc2)c2ccccc2)c2ccc(Br)cc21. The maximum atomic E-state index is 14.3. The average Bonchev–Trinajstić information content (AvgIpc) is 3.50. The summed E-state index contributed by atoms with van der Waals surface area (Å²) in [6.07, 6.45) is 3.86. The van der Waals surface area contributed by atoms with Crippen LogP contribution in [0.2, 0.25) is 0 Å². The van der Waals surface area contributed by atoms with Crippen LogP contribution in [0.15, 0.2) is 89.5 Å². The van der Waals surface area contributed by atoms with E-state index in [0.717, 1.165) is 44.9 Å². The van der Waals surface area contributed by atoms with Crippen molar-refractivity contribution in [1.82, 2.24) is 4.57 Å². The van der Waals surface area contributed by atoms with Gasteiger partial charge in [-0.05, 0) is 48.1 Å². The molecule has 188 valence electrons. The minimum atomic E-state index is -1.17. The second-order valence-corrected chi connectivity index (χ2v) is 11.4. The first-order chi connectivity index (χ1) is 17.9. The lowest BCUT2D eigenvalue weighted by molar-refractivity contribution is -0.535. The van der Waals surface area contributed by atoms with Crippen LogP contribution in [-0.4, -0.2) is 21.5 Å². The third-order valence-corrected chi connectivity index (χ3v) is 8.90. The molecule has 0 unspecified atom stereocenters. The number of ether oxygens (including phenoxy) is 1. The molecule has 3 atom stereocenters. The summed E-state index contributed by atoms with van der Waals surface area (Å²) in [6, 6.07) is 24.2. The monoisotopic (exact) mass is 558 g/mol. The van der Waals surface area contributed by atoms with E-state index in [1.807, 2.05) is 96.7 Å². The van der Waals surface area contributed by atoms with Gasteiger partial charge in [0.05, 0.1) is 5.92 Å². The summed E-state index contributed by atoms with van der Waals surface area (Å²) in [5, 5.41) is 13.7. The molecule has 6 rings (SSSR count). The Morgan fingerprint density at radius 2 is 1.76 bits per heavy atom. The molecule has 1 spiro atoms. The van der Waals surface area contributed by atoms with Crippen molar-refractivity contribution in [3.63, 3.8) is 0 Å². The third-order valence-electron chi connectivity index (χ3n) is 8.41. The zero-order chi connectivity index (χ0) is 25.8. The Labute approximate surface area is 223 Å². The molecule has 0 saturated heterocycles. The Balaban J connectivity index is 1.57. The molecular weight excluding hydrogens is 532 g/mol. The largest absolute Gasteiger partial charge is 0.460 e. The minimum Gasteiger partial charge on any atom is -0.460 e. The Hall–Kier alpha value is -3.45. The maximum absolute atomic E-state index is 14.3. The van der Waals surface area contributed by atoms with E-state index in [1.54, 1.807) is 0 Å². The lowest BCUT2D eigenvalue weighted by atomic mass is 9.68. The van der Waals surface area contributed by atoms with Gasteiger partial charge in [0, 0.05) is 39.0 Å². The fourth-order valence-corrected chi connectivity index (χ4v) is 6.98. The van der Waals surface area contributed by atoms with Gasteiger partial charge in [-0.3, -0.25) is 14.9 Å². The van der Waals surface area contributed by atoms with Crippen molar-refractivity contribution in [2.45, 2.75) is 43.2 Å². The predicted octanol–water partition coefficient (Wildman–Crippen LogP) is 6.54. The van der Waals surface area contributed by atoms with Crippen LogP contribution < -0.4 is 0 Å². The Bertz CT molecular complexity index is 1500. The number of hydrogen-bond acceptors (Lipinski definition) is 4. The molecule has 1 aromatic heterocycles. The van der Waals surface area contributed by atoms with E-state index >= 15 is 0 Å². The second kappa shape index (κ2) is 8.84. The smallest absolute Gasteiger partial charge is 0.317 e. The van der Waals surface area contributed by atoms with Crippen LogP contribution in [-0.2, 0) is 28.6 Å². The fraction of sp³-hybridized carbons (Fsp3) is 0.300. The van der Waals surface area contributed by atoms with Crippen molar-refractivity contribution in [2.24, 2.45) is 12.5 Å². The summed E-state index contributed by atoms with van der Waals surface area (Å²) in [6.45, 7) is 0.125. The Morgan fingerprint density at radius 3 is 2.41 bits per heavy atom. The van der Waals surface area contributed by atoms with E-state index in [-0.39, 0.29) is 11.5 Å². The van der Waals surface area contributed by atoms with E-state index in [1.165, 1.54) is 0 Å². The van der Waals surface area contributed by atoms with Gasteiger partial charge in [0.2, 0.25) is 6.04 Å². The van der Waals surface area contributed by atoms with Crippen LogP contribution in [0.25, 0.3) is 10.9 Å². The molecule has 37 heavy (non-hydrogen) atoms. The van der Waals surface area contributed by atoms with Gasteiger partial charge < -0.3 is 9.30 Å². The number of hydrogen-bond donors (Lipinski definition) is 0. The molecular formula is C30H27BrN2O4. The average molecular weight is 559 g/mol. The molecule has 0 amide bonds. The van der Waals surface area contributed by atoms with Gasteiger partial charge in [-0.25, -0.2) is 0 Å². The first-order valence-corrected chi connectivity index (χ1v) is 13.3. The summed E-state index contributed by atoms with van der Waals surface area (Å²) in [5.74, 6) is -1.06. The molecule has 2 aliphatic rings. The van der Waals surface area contributed by atoms with Crippen molar-refractivity contribution in [3.8, 4) is 0 Å². The number of aryl methyl sites for hydroxylation is 1. The highest BCUT2D eigenvalue weighted by Gasteiger charge is 2.75. The first-order valence-electron chi connectivity index (χ1n) is 12.5. The second-order valence-electron chi connectivity index (χ2n) is 10.5. The van der Waals surface area contributed by atoms with Crippen molar-refractivity contribution < 1.29 is 14.5 Å². The molecule has 3 aromatic carbocycles. The molecule has 0 aliphatic heterocycles. The fourth-order valence-electron chi connectivity index (χ4n) is 6.63. The number of nitro groups is 1. The number of nitrogens with zero attached hydrogens (tertiary/aromatic N) is 2. The number of esters is 1. The Kier molecular flexibility index (Phi) is 5.71. The van der Waals surface area contributed by atoms with Gasteiger partial charge >= 0.3 is 5.97 Å². The first kappa shape index (κ1) is 23.9. The normalized spacial score (nSPS) is 23.8. The number of fused-ring (bicyclic) bond motifs is 1. The third kappa shape index (κ3) is 3.79. The van der Waals surface area contributed by atoms with E-state index in [4.69, 9.17) is 4.74 Å². The molecule has 1 heterocycles. The van der Waals surface area contributed by atoms with Crippen LogP contribution in [0.3, 0.4) is 0 Å². The highest BCUT2D eigenvalue weighted by atomic mass is 79.9. The summed E-state index contributed by atoms with van der Waals surface area (Å²) >= 11 is 3.55. The maximum Gasteiger partial charge on any atom is 0.317 e. The van der Waals surface area contributed by atoms with E-state index in [2.05, 4.69) is 15.9 Å². The zero-order valence-corrected chi connectivity index (χ0v) is 22.1. The number of halogens is 1. The van der Waals surface area contributed by atoms with Crippen molar-refractivity contribution >= 4 is 32.8 Å². The van der Waals surface area contributed by atoms with E-state index < -0.39 is 28.8 Å². The molecule has 2 aliphatic carbocycles. The van der Waals surface area contributed by atoms with Crippen molar-refractivity contribution in [1.29, 1.82) is 0 Å². The van der Waals surface area contributed by atoms with Gasteiger partial charge in [-0.15, -0.1) is 0 Å². The summed E-state index contributed by atoms with van der Waals surface area (Å²) in [4.78, 5) is 27.0. The molecule has 0 N–H and O–H groups in total. The standard InChI is InChI=1S/C30H27BrN2O4/c1-32-17-24(23-13-12-22(31)16-25(23)32)26-27(33(35)36)29(14-15-29)19-30(26,21-10-6-3-7-11-21)28(34)37-18-20-8-4-2-5-9-20/h2-13,16-17,26-27H,14-15,18-19H2,1H3/t26-,27-,30+/m1/s1. The molecule has 4 aromatic rings. The van der Waals surface area contributed by atoms with Crippen LogP contribution in [0, 0.1) is 15.5 Å². The summed E-state index contributed by atoms with van der Waals surface area (Å²) in [5.41, 5.74) is 1.76. The van der Waals surface area contributed by atoms with Gasteiger partial charge in [-0.2, -0.15) is 0 Å². The number of benzene rings is 3. The van der Waals surface area contributed by atoms with Gasteiger partial charge in [0.25, 0.3) is 0 Å². The summed E-state index contributed by atoms with van der Waals surface area (Å²) in [7, 11) is 1.94. The molecule has 2 fully saturated rings. The number of carbonyl (C=O) groups excluding carboxylic acids is 1. The molecule has 0 bridgehead atoms. The van der Waals surface area contributed by atoms with Crippen LogP contribution >= 0.6 is 15.9 Å². The topological polar surface area (TPSA) is 74.4 Å². The number of rotatable bonds is 6. The van der Waals surface area contributed by atoms with E-state index in [9.17, 15) is 14.9 Å². The van der Waals surface area contributed by atoms with Crippen molar-refractivity contribution in [2.75, 3.05) is 0 Å². The van der Waals surface area contributed by atoms with Gasteiger partial charge in [0.1, 0.15) is 12.0 Å². The highest BCUT2D eigenvalue weighted by Crippen LogP contribution is 2.70. The molecule has 0 radical (unpaired) electrons. The van der Waals surface area contributed by atoms with Crippen LogP contribution in [0.5, 0.6) is 0 Å². The molecule has 6 nitrogen and oxygen atoms in total. The quantitative estimate of drug-likeness (QED) is 0.153. The van der Waals surface area contributed by atoms with E-state index in [0.29, 0.717) is 6.42 Å². The van der Waals surface area contributed by atoms with Crippen LogP contribution in [0.1, 0.15) is 41.9 Å². The predicted molar refractivity (Wildman–Crippen MR) is 145 cm³/mol. The number of aromatic nitrogens is 1. The van der Waals surface area contributed by atoms with Gasteiger partial charge in [-0.1, -0.05) is 82.7 Å². The van der Waals surface area contributed by atoms with Gasteiger partial charge in [0.15, 0.2) is 0 Å². The minimum absolute atomic E-state index is 0.125. The lowest BCUT2D eigenvalue weighted by Crippen LogP contribution is -2.43. The van der Waals surface area contributed by atoms with Crippen molar-refractivity contribution in [3.05, 3.63) is 116 Å². The lowest BCUT2D eigenvalue weighted by Gasteiger charge is -2.33. The van der Waals surface area contributed by atoms with Crippen LogP contribution in [0.4, 0.5) is 0 Å². The Morgan fingerprint density at radius 1 is 1.08 bits per heavy atom. The molecule has 2 saturated carbocycles.